The zero-order valence-corrected chi connectivity index (χ0v) is 25.4. The second kappa shape index (κ2) is 11.1. The minimum absolute atomic E-state index is 0.0346. The molecule has 2 aliphatic heterocycles. The van der Waals surface area contributed by atoms with Crippen LogP contribution in [-0.2, 0) is 6.42 Å². The molecule has 0 radical (unpaired) electrons. The van der Waals surface area contributed by atoms with Crippen molar-refractivity contribution in [2.45, 2.75) is 64.4 Å². The Morgan fingerprint density at radius 2 is 1.82 bits per heavy atom. The van der Waals surface area contributed by atoms with Crippen LogP contribution >= 0.6 is 0 Å². The van der Waals surface area contributed by atoms with Gasteiger partial charge in [-0.3, -0.25) is 4.98 Å². The zero-order chi connectivity index (χ0) is 30.6. The molecule has 44 heavy (non-hydrogen) atoms. The van der Waals surface area contributed by atoms with Gasteiger partial charge in [0.15, 0.2) is 5.82 Å². The van der Waals surface area contributed by atoms with Gasteiger partial charge in [0.1, 0.15) is 28.6 Å². The average Bonchev–Trinajstić information content (AvgIpc) is 3.57. The van der Waals surface area contributed by atoms with E-state index >= 15 is 4.39 Å². The van der Waals surface area contributed by atoms with E-state index in [4.69, 9.17) is 9.72 Å². The Morgan fingerprint density at radius 3 is 2.55 bits per heavy atom. The zero-order valence-electron chi connectivity index (χ0n) is 25.4. The number of nitrogens with zero attached hydrogens (tertiary/aromatic N) is 5. The van der Waals surface area contributed by atoms with E-state index in [0.717, 1.165) is 38.9 Å². The molecule has 2 N–H and O–H groups in total. The van der Waals surface area contributed by atoms with E-state index in [1.54, 1.807) is 19.1 Å². The fraction of sp³-hybridized carbons (Fsp3) is 0.500. The van der Waals surface area contributed by atoms with E-state index in [-0.39, 0.29) is 28.4 Å². The fourth-order valence-electron chi connectivity index (χ4n) is 7.11. The van der Waals surface area contributed by atoms with E-state index < -0.39 is 17.2 Å². The first kappa shape index (κ1) is 29.1. The number of hydrogen-bond acceptors (Lipinski definition) is 8. The lowest BCUT2D eigenvalue weighted by Gasteiger charge is -2.37. The third kappa shape index (κ3) is 5.43. The molecule has 7 rings (SSSR count). The number of ether oxygens (including phenoxy) is 1. The summed E-state index contributed by atoms with van der Waals surface area (Å²) < 4.78 is 37.9. The normalized spacial score (nSPS) is 21.8. The molecule has 1 atom stereocenters. The predicted molar refractivity (Wildman–Crippen MR) is 166 cm³/mol. The lowest BCUT2D eigenvalue weighted by Crippen LogP contribution is -2.46. The molecular weight excluding hydrogens is 564 g/mol. The number of phenolic OH excluding ortho intramolecular Hbond substituents is 1. The van der Waals surface area contributed by atoms with Crippen LogP contribution < -0.4 is 9.64 Å². The second-order valence-corrected chi connectivity index (χ2v) is 13.3. The highest BCUT2D eigenvalue weighted by molar-refractivity contribution is 6.01. The van der Waals surface area contributed by atoms with Crippen LogP contribution in [0, 0.1) is 17.0 Å². The molecular formula is C34H39F2N5O3. The number of aliphatic hydroxyl groups is 1. The Kier molecular flexibility index (Phi) is 7.32. The number of benzene rings is 2. The number of phenols is 1. The fourth-order valence-corrected chi connectivity index (χ4v) is 7.11. The Morgan fingerprint density at radius 1 is 1.02 bits per heavy atom. The molecule has 0 bridgehead atoms. The van der Waals surface area contributed by atoms with E-state index in [0.29, 0.717) is 65.6 Å². The van der Waals surface area contributed by atoms with Crippen LogP contribution in [0.4, 0.5) is 14.6 Å². The number of rotatable bonds is 8. The molecule has 232 valence electrons. The first-order valence-corrected chi connectivity index (χ1v) is 15.8. The molecule has 10 heteroatoms. The van der Waals surface area contributed by atoms with Gasteiger partial charge in [-0.05, 0) is 99.5 Å². The van der Waals surface area contributed by atoms with Gasteiger partial charge in [0.05, 0.1) is 17.6 Å². The summed E-state index contributed by atoms with van der Waals surface area (Å²) >= 11 is 0. The van der Waals surface area contributed by atoms with Gasteiger partial charge in [-0.15, -0.1) is 0 Å². The minimum atomic E-state index is -0.919. The van der Waals surface area contributed by atoms with Crippen molar-refractivity contribution in [3.8, 4) is 23.0 Å². The second-order valence-electron chi connectivity index (χ2n) is 13.3. The van der Waals surface area contributed by atoms with Crippen molar-refractivity contribution in [3.05, 3.63) is 47.7 Å². The number of aromatic nitrogens is 3. The van der Waals surface area contributed by atoms with Crippen molar-refractivity contribution in [2.75, 3.05) is 44.2 Å². The molecule has 0 unspecified atom stereocenters. The number of pyridine rings is 1. The predicted octanol–water partition coefficient (Wildman–Crippen LogP) is 6.00. The Labute approximate surface area is 255 Å². The molecule has 3 fully saturated rings. The quantitative estimate of drug-likeness (QED) is 0.253. The van der Waals surface area contributed by atoms with Crippen LogP contribution in [0.5, 0.6) is 11.8 Å². The summed E-state index contributed by atoms with van der Waals surface area (Å²) in [5.41, 5.74) is -0.141. The monoisotopic (exact) mass is 603 g/mol. The molecule has 1 aliphatic carbocycles. The highest BCUT2D eigenvalue weighted by Crippen LogP contribution is 2.47. The maximum Gasteiger partial charge on any atom is 0.319 e. The number of aryl methyl sites for hydroxylation is 1. The van der Waals surface area contributed by atoms with Crippen LogP contribution in [0.1, 0.15) is 57.9 Å². The summed E-state index contributed by atoms with van der Waals surface area (Å²) in [6.07, 6.45) is 7.93. The number of anilines is 1. The van der Waals surface area contributed by atoms with Gasteiger partial charge in [-0.1, -0.05) is 13.0 Å². The number of halogens is 2. The minimum Gasteiger partial charge on any atom is -0.508 e. The van der Waals surface area contributed by atoms with Gasteiger partial charge in [0.25, 0.3) is 0 Å². The van der Waals surface area contributed by atoms with Crippen molar-refractivity contribution < 1.29 is 23.7 Å². The van der Waals surface area contributed by atoms with Crippen LogP contribution in [-0.4, -0.2) is 75.0 Å². The maximum absolute atomic E-state index is 16.7. The Balaban J connectivity index is 1.34. The summed E-state index contributed by atoms with van der Waals surface area (Å²) in [5, 5.41) is 22.9. The molecule has 2 saturated heterocycles. The molecule has 3 aliphatic rings. The van der Waals surface area contributed by atoms with Gasteiger partial charge < -0.3 is 24.7 Å². The van der Waals surface area contributed by atoms with Crippen LogP contribution in [0.15, 0.2) is 30.5 Å². The largest absolute Gasteiger partial charge is 0.508 e. The lowest BCUT2D eigenvalue weighted by atomic mass is 9.94. The number of aromatic hydroxyl groups is 1. The SMILES string of the molecule is CCc1c(F)ccc2cc(O)cc(-c3ncc4c(N5CCC[C@@](C)(O)C5)nc(OCC5(CN6CCCC6)CC5)nc4c3F)c12. The van der Waals surface area contributed by atoms with Crippen molar-refractivity contribution >= 4 is 27.5 Å². The molecule has 2 aromatic heterocycles. The van der Waals surface area contributed by atoms with E-state index in [1.807, 2.05) is 11.8 Å². The standard InChI is InChI=1S/C34H39F2N5O3/c1-3-23-26(35)8-7-21-15-22(42)16-24(27(21)23)29-28(36)30-25(17-37-29)31(41-14-6-9-33(2,43)18-41)39-32(38-30)44-20-34(10-11-34)19-40-12-4-5-13-40/h7-8,15-17,42-43H,3-6,9-14,18-20H2,1-2H3/t33-/m1/s1. The summed E-state index contributed by atoms with van der Waals surface area (Å²) in [6.45, 7) is 8.25. The summed E-state index contributed by atoms with van der Waals surface area (Å²) in [4.78, 5) is 18.3. The molecule has 1 saturated carbocycles. The van der Waals surface area contributed by atoms with Crippen LogP contribution in [0.25, 0.3) is 32.9 Å². The van der Waals surface area contributed by atoms with Crippen molar-refractivity contribution in [1.29, 1.82) is 0 Å². The van der Waals surface area contributed by atoms with Crippen molar-refractivity contribution in [3.63, 3.8) is 0 Å². The number of piperidine rings is 1. The maximum atomic E-state index is 16.7. The van der Waals surface area contributed by atoms with Gasteiger partial charge in [0.2, 0.25) is 0 Å². The summed E-state index contributed by atoms with van der Waals surface area (Å²) in [6, 6.07) is 6.00. The van der Waals surface area contributed by atoms with E-state index in [2.05, 4.69) is 14.9 Å². The first-order valence-electron chi connectivity index (χ1n) is 15.8. The van der Waals surface area contributed by atoms with E-state index in [9.17, 15) is 14.6 Å². The van der Waals surface area contributed by atoms with E-state index in [1.165, 1.54) is 31.2 Å². The van der Waals surface area contributed by atoms with Gasteiger partial charge in [-0.25, -0.2) is 8.78 Å². The number of β-amino-alcohol motifs (C(OH)–C–C–N with tert-alkyl or cyclic N) is 1. The van der Waals surface area contributed by atoms with Gasteiger partial charge in [-0.2, -0.15) is 9.97 Å². The highest BCUT2D eigenvalue weighted by Gasteiger charge is 2.45. The summed E-state index contributed by atoms with van der Waals surface area (Å²) in [5.74, 6) is -0.698. The molecule has 2 aromatic carbocycles. The third-order valence-electron chi connectivity index (χ3n) is 9.60. The molecule has 4 heterocycles. The topological polar surface area (TPSA) is 94.8 Å². The smallest absolute Gasteiger partial charge is 0.319 e. The highest BCUT2D eigenvalue weighted by atomic mass is 19.1. The van der Waals surface area contributed by atoms with Crippen molar-refractivity contribution in [1.82, 2.24) is 19.9 Å². The van der Waals surface area contributed by atoms with Crippen LogP contribution in [0.3, 0.4) is 0 Å². The van der Waals surface area contributed by atoms with Crippen LogP contribution in [0.2, 0.25) is 0 Å². The average molecular weight is 604 g/mol. The number of hydrogen-bond donors (Lipinski definition) is 2. The molecule has 0 amide bonds. The van der Waals surface area contributed by atoms with Gasteiger partial charge >= 0.3 is 6.01 Å². The number of likely N-dealkylation sites (tertiary alicyclic amines) is 1. The lowest BCUT2D eigenvalue weighted by molar-refractivity contribution is 0.0447. The molecule has 0 spiro atoms. The number of fused-ring (bicyclic) bond motifs is 2. The van der Waals surface area contributed by atoms with Crippen molar-refractivity contribution in [2.24, 2.45) is 5.41 Å². The first-order chi connectivity index (χ1) is 21.2. The van der Waals surface area contributed by atoms with Gasteiger partial charge in [0, 0.05) is 36.8 Å². The Hall–Kier alpha value is -3.63. The Bertz CT molecular complexity index is 1740. The molecule has 8 nitrogen and oxygen atoms in total. The molecule has 4 aromatic rings. The summed E-state index contributed by atoms with van der Waals surface area (Å²) in [7, 11) is 0. The third-order valence-corrected chi connectivity index (χ3v) is 9.60.